The van der Waals surface area contributed by atoms with Crippen molar-refractivity contribution in [1.82, 2.24) is 0 Å². The van der Waals surface area contributed by atoms with E-state index in [-0.39, 0.29) is 17.1 Å². The third kappa shape index (κ3) is 2.72. The fourth-order valence-electron chi connectivity index (χ4n) is 6.72. The number of nitrogens with one attached hydrogen (secondary N) is 1. The van der Waals surface area contributed by atoms with Gasteiger partial charge >= 0.3 is 0 Å². The van der Waals surface area contributed by atoms with Crippen molar-refractivity contribution in [1.29, 1.82) is 0 Å². The Bertz CT molecular complexity index is 1890. The van der Waals surface area contributed by atoms with Crippen molar-refractivity contribution in [2.45, 2.75) is 5.41 Å². The molecule has 4 heteroatoms. The second-order valence-electron chi connectivity index (χ2n) is 10.3. The standard InChI is InChI=1S/C35H22N2O2/c36-28-18-27-32(31-30(28)33(38)23-14-4-5-15-24(23)34(31)39)37-29(20-10-2-1-3-11-20)19-35(27)25-16-8-6-12-21(25)22-13-7-9-17-26(22)35/h1-19,37H,36H2. The minimum absolute atomic E-state index is 0.194. The minimum atomic E-state index is -0.706. The van der Waals surface area contributed by atoms with E-state index in [0.29, 0.717) is 28.1 Å². The molecule has 0 saturated carbocycles. The first-order chi connectivity index (χ1) is 19.1. The summed E-state index contributed by atoms with van der Waals surface area (Å²) >= 11 is 0. The van der Waals surface area contributed by atoms with Gasteiger partial charge in [-0.15, -0.1) is 0 Å². The molecule has 0 atom stereocenters. The highest BCUT2D eigenvalue weighted by atomic mass is 16.1. The average molecular weight is 503 g/mol. The zero-order valence-electron chi connectivity index (χ0n) is 20.9. The van der Waals surface area contributed by atoms with E-state index >= 15 is 0 Å². The normalized spacial score (nSPS) is 15.4. The number of allylic oxidation sites excluding steroid dienone is 1. The van der Waals surface area contributed by atoms with Crippen LogP contribution in [0, 0.1) is 0 Å². The molecular formula is C35H22N2O2. The fourth-order valence-corrected chi connectivity index (χ4v) is 6.72. The van der Waals surface area contributed by atoms with E-state index in [1.807, 2.05) is 24.3 Å². The van der Waals surface area contributed by atoms with Crippen LogP contribution in [0.3, 0.4) is 0 Å². The zero-order chi connectivity index (χ0) is 26.3. The summed E-state index contributed by atoms with van der Waals surface area (Å²) in [4.78, 5) is 27.9. The molecule has 5 aromatic rings. The molecule has 1 heterocycles. The maximum atomic E-state index is 14.1. The molecule has 0 bridgehead atoms. The molecule has 4 nitrogen and oxygen atoms in total. The SMILES string of the molecule is Nc1cc2c(c3c1C(=O)c1ccccc1C3=O)NC(c1ccccc1)=CC21c2ccccc2-c2ccccc21. The van der Waals surface area contributed by atoms with E-state index in [0.717, 1.165) is 39.1 Å². The Morgan fingerprint density at radius 2 is 1.08 bits per heavy atom. The smallest absolute Gasteiger partial charge is 0.196 e. The quantitative estimate of drug-likeness (QED) is 0.242. The molecular weight excluding hydrogens is 480 g/mol. The van der Waals surface area contributed by atoms with Crippen LogP contribution in [0.5, 0.6) is 0 Å². The number of carbonyl (C=O) groups excluding carboxylic acids is 2. The van der Waals surface area contributed by atoms with E-state index in [1.165, 1.54) is 0 Å². The minimum Gasteiger partial charge on any atom is -0.398 e. The molecule has 0 amide bonds. The maximum Gasteiger partial charge on any atom is 0.196 e. The fraction of sp³-hybridized carbons (Fsp3) is 0.0286. The number of nitrogen functional groups attached to an aromatic ring is 1. The van der Waals surface area contributed by atoms with Crippen LogP contribution in [0.15, 0.2) is 115 Å². The summed E-state index contributed by atoms with van der Waals surface area (Å²) in [6, 6.07) is 35.8. The Hall–Kier alpha value is -5.22. The van der Waals surface area contributed by atoms with Gasteiger partial charge in [0.15, 0.2) is 11.6 Å². The van der Waals surface area contributed by atoms with Crippen LogP contribution in [0.4, 0.5) is 11.4 Å². The summed E-state index contributed by atoms with van der Waals surface area (Å²) in [5.74, 6) is -0.417. The lowest BCUT2D eigenvalue weighted by Gasteiger charge is -2.39. The van der Waals surface area contributed by atoms with Gasteiger partial charge in [-0.25, -0.2) is 0 Å². The van der Waals surface area contributed by atoms with E-state index in [4.69, 9.17) is 5.73 Å². The Balaban J connectivity index is 1.52. The highest BCUT2D eigenvalue weighted by Gasteiger charge is 2.49. The number of hydrogen-bond donors (Lipinski definition) is 2. The largest absolute Gasteiger partial charge is 0.398 e. The lowest BCUT2D eigenvalue weighted by Crippen LogP contribution is -2.33. The second-order valence-corrected chi connectivity index (χ2v) is 10.3. The number of hydrogen-bond acceptors (Lipinski definition) is 4. The Morgan fingerprint density at radius 3 is 1.69 bits per heavy atom. The van der Waals surface area contributed by atoms with Crippen molar-refractivity contribution in [3.05, 3.63) is 160 Å². The molecule has 0 unspecified atom stereocenters. The van der Waals surface area contributed by atoms with Gasteiger partial charge in [0.25, 0.3) is 0 Å². The predicted molar refractivity (Wildman–Crippen MR) is 154 cm³/mol. The van der Waals surface area contributed by atoms with Crippen LogP contribution in [-0.4, -0.2) is 11.6 Å². The number of fused-ring (bicyclic) bond motifs is 10. The van der Waals surface area contributed by atoms with Crippen molar-refractivity contribution in [2.24, 2.45) is 0 Å². The summed E-state index contributed by atoms with van der Waals surface area (Å²) in [7, 11) is 0. The molecule has 1 spiro atoms. The number of carbonyl (C=O) groups is 2. The van der Waals surface area contributed by atoms with Crippen LogP contribution < -0.4 is 11.1 Å². The van der Waals surface area contributed by atoms with Crippen LogP contribution in [0.2, 0.25) is 0 Å². The number of ketones is 2. The number of benzene rings is 5. The van der Waals surface area contributed by atoms with Gasteiger partial charge in [-0.1, -0.05) is 103 Å². The Kier molecular flexibility index (Phi) is 4.28. The second kappa shape index (κ2) is 7.65. The highest BCUT2D eigenvalue weighted by Crippen LogP contribution is 2.59. The molecule has 0 fully saturated rings. The maximum absolute atomic E-state index is 14.1. The first kappa shape index (κ1) is 21.8. The van der Waals surface area contributed by atoms with E-state index in [9.17, 15) is 9.59 Å². The van der Waals surface area contributed by atoms with Gasteiger partial charge in [-0.05, 0) is 45.5 Å². The highest BCUT2D eigenvalue weighted by molar-refractivity contribution is 6.32. The van der Waals surface area contributed by atoms with E-state index in [1.54, 1.807) is 24.3 Å². The summed E-state index contributed by atoms with van der Waals surface area (Å²) < 4.78 is 0. The van der Waals surface area contributed by atoms with Crippen molar-refractivity contribution in [2.75, 3.05) is 11.1 Å². The lowest BCUT2D eigenvalue weighted by molar-refractivity contribution is 0.0980. The third-order valence-corrected chi connectivity index (χ3v) is 8.35. The molecule has 3 aliphatic rings. The van der Waals surface area contributed by atoms with Crippen LogP contribution in [0.1, 0.15) is 54.1 Å². The molecule has 8 rings (SSSR count). The predicted octanol–water partition coefficient (Wildman–Crippen LogP) is 6.83. The van der Waals surface area contributed by atoms with Gasteiger partial charge in [0, 0.05) is 22.5 Å². The van der Waals surface area contributed by atoms with E-state index in [2.05, 4.69) is 72.1 Å². The summed E-state index contributed by atoms with van der Waals surface area (Å²) in [6.45, 7) is 0. The molecule has 0 aromatic heterocycles. The molecule has 3 N–H and O–H groups in total. The van der Waals surface area contributed by atoms with Crippen LogP contribution in [-0.2, 0) is 5.41 Å². The molecule has 2 aliphatic carbocycles. The summed E-state index contributed by atoms with van der Waals surface area (Å²) in [6.07, 6.45) is 2.25. The van der Waals surface area contributed by atoms with Gasteiger partial charge in [-0.2, -0.15) is 0 Å². The van der Waals surface area contributed by atoms with Crippen LogP contribution in [0.25, 0.3) is 16.8 Å². The molecule has 0 radical (unpaired) electrons. The van der Waals surface area contributed by atoms with Gasteiger partial charge < -0.3 is 11.1 Å². The summed E-state index contributed by atoms with van der Waals surface area (Å²) in [5, 5.41) is 3.60. The first-order valence-electron chi connectivity index (χ1n) is 13.0. The van der Waals surface area contributed by atoms with Crippen LogP contribution >= 0.6 is 0 Å². The molecule has 39 heavy (non-hydrogen) atoms. The zero-order valence-corrected chi connectivity index (χ0v) is 20.9. The number of rotatable bonds is 1. The number of nitrogens with two attached hydrogens (primary N) is 1. The molecule has 1 aliphatic heterocycles. The molecule has 5 aromatic carbocycles. The van der Waals surface area contributed by atoms with Crippen molar-refractivity contribution in [3.8, 4) is 11.1 Å². The lowest BCUT2D eigenvalue weighted by atomic mass is 9.67. The Labute approximate surface area is 225 Å². The molecule has 0 saturated heterocycles. The molecule has 184 valence electrons. The van der Waals surface area contributed by atoms with Gasteiger partial charge in [0.1, 0.15) is 0 Å². The van der Waals surface area contributed by atoms with Crippen molar-refractivity contribution >= 4 is 28.6 Å². The van der Waals surface area contributed by atoms with Gasteiger partial charge in [0.05, 0.1) is 22.2 Å². The van der Waals surface area contributed by atoms with Gasteiger partial charge in [0.2, 0.25) is 0 Å². The van der Waals surface area contributed by atoms with Crippen molar-refractivity contribution in [3.63, 3.8) is 0 Å². The topological polar surface area (TPSA) is 72.2 Å². The average Bonchev–Trinajstić information content (AvgIpc) is 3.26. The van der Waals surface area contributed by atoms with Crippen molar-refractivity contribution < 1.29 is 9.59 Å². The summed E-state index contributed by atoms with van der Waals surface area (Å²) in [5.41, 5.74) is 15.6. The van der Waals surface area contributed by atoms with E-state index < -0.39 is 5.41 Å². The number of anilines is 2. The Morgan fingerprint density at radius 1 is 0.564 bits per heavy atom. The van der Waals surface area contributed by atoms with Gasteiger partial charge in [-0.3, -0.25) is 9.59 Å². The third-order valence-electron chi connectivity index (χ3n) is 8.35. The monoisotopic (exact) mass is 502 g/mol. The first-order valence-corrected chi connectivity index (χ1v) is 13.0.